The molecule has 1 aromatic rings. The maximum absolute atomic E-state index is 11.5. The first-order valence-corrected chi connectivity index (χ1v) is 6.56. The van der Waals surface area contributed by atoms with E-state index in [-0.39, 0.29) is 5.78 Å². The maximum atomic E-state index is 11.5. The molecule has 0 saturated heterocycles. The Balaban J connectivity index is 2.32. The van der Waals surface area contributed by atoms with Crippen LogP contribution >= 0.6 is 11.6 Å². The Morgan fingerprint density at radius 1 is 1.18 bits per heavy atom. The van der Waals surface area contributed by atoms with Crippen LogP contribution in [0.25, 0.3) is 6.08 Å². The Morgan fingerprint density at radius 2 is 1.88 bits per heavy atom. The van der Waals surface area contributed by atoms with Crippen molar-refractivity contribution >= 4 is 23.5 Å². The molecule has 17 heavy (non-hydrogen) atoms. The second kappa shape index (κ2) is 8.08. The molecule has 0 aliphatic carbocycles. The topological polar surface area (TPSA) is 17.1 Å². The van der Waals surface area contributed by atoms with Crippen LogP contribution in [0.2, 0.25) is 5.02 Å². The molecule has 0 saturated carbocycles. The molecule has 0 radical (unpaired) electrons. The summed E-state index contributed by atoms with van der Waals surface area (Å²) in [5.74, 6) is 0.205. The van der Waals surface area contributed by atoms with Gasteiger partial charge in [-0.15, -0.1) is 0 Å². The standard InChI is InChI=1S/C15H19ClO/c1-2-3-4-5-6-15(17)12-9-13-7-10-14(16)11-8-13/h7-12H,2-6H2,1H3/b12-9-. The molecule has 1 aromatic carbocycles. The van der Waals surface area contributed by atoms with E-state index in [2.05, 4.69) is 6.92 Å². The molecule has 2 heteroatoms. The largest absolute Gasteiger partial charge is 0.295 e. The first kappa shape index (κ1) is 14.0. The molecule has 0 atom stereocenters. The van der Waals surface area contributed by atoms with Crippen LogP contribution in [0.4, 0.5) is 0 Å². The zero-order valence-electron chi connectivity index (χ0n) is 10.3. The average Bonchev–Trinajstić information content (AvgIpc) is 2.34. The van der Waals surface area contributed by atoms with E-state index >= 15 is 0 Å². The molecule has 0 bridgehead atoms. The summed E-state index contributed by atoms with van der Waals surface area (Å²) in [5, 5.41) is 0.716. The lowest BCUT2D eigenvalue weighted by Crippen LogP contribution is -1.92. The van der Waals surface area contributed by atoms with E-state index in [4.69, 9.17) is 11.6 Å². The van der Waals surface area contributed by atoms with Crippen LogP contribution in [-0.2, 0) is 4.79 Å². The molecule has 0 unspecified atom stereocenters. The molecule has 92 valence electrons. The number of carbonyl (C=O) groups is 1. The van der Waals surface area contributed by atoms with E-state index in [1.54, 1.807) is 6.08 Å². The van der Waals surface area contributed by atoms with E-state index in [0.717, 1.165) is 18.4 Å². The van der Waals surface area contributed by atoms with Gasteiger partial charge in [-0.05, 0) is 30.2 Å². The van der Waals surface area contributed by atoms with Crippen molar-refractivity contribution in [2.24, 2.45) is 0 Å². The summed E-state index contributed by atoms with van der Waals surface area (Å²) in [6.45, 7) is 2.17. The summed E-state index contributed by atoms with van der Waals surface area (Å²) in [5.41, 5.74) is 1.01. The normalized spacial score (nSPS) is 10.9. The fraction of sp³-hybridized carbons (Fsp3) is 0.400. The van der Waals surface area contributed by atoms with Crippen LogP contribution in [0.1, 0.15) is 44.6 Å². The summed E-state index contributed by atoms with van der Waals surface area (Å²) in [7, 11) is 0. The molecule has 0 aliphatic rings. The van der Waals surface area contributed by atoms with Crippen LogP contribution in [0.15, 0.2) is 30.3 Å². The number of rotatable bonds is 7. The smallest absolute Gasteiger partial charge is 0.155 e. The van der Waals surface area contributed by atoms with Crippen molar-refractivity contribution < 1.29 is 4.79 Å². The summed E-state index contributed by atoms with van der Waals surface area (Å²) >= 11 is 5.78. The second-order valence-corrected chi connectivity index (χ2v) is 4.60. The summed E-state index contributed by atoms with van der Waals surface area (Å²) in [4.78, 5) is 11.5. The number of ketones is 1. The molecular formula is C15H19ClO. The number of benzene rings is 1. The molecule has 1 nitrogen and oxygen atoms in total. The van der Waals surface area contributed by atoms with Gasteiger partial charge in [0.2, 0.25) is 0 Å². The minimum absolute atomic E-state index is 0.205. The third-order valence-electron chi connectivity index (χ3n) is 2.61. The Bertz CT molecular complexity index is 365. The highest BCUT2D eigenvalue weighted by Crippen LogP contribution is 2.11. The van der Waals surface area contributed by atoms with E-state index in [1.165, 1.54) is 12.8 Å². The molecule has 0 amide bonds. The van der Waals surface area contributed by atoms with Gasteiger partial charge in [0.15, 0.2) is 5.78 Å². The quantitative estimate of drug-likeness (QED) is 0.497. The summed E-state index contributed by atoms with van der Waals surface area (Å²) in [6, 6.07) is 7.46. The van der Waals surface area contributed by atoms with Gasteiger partial charge < -0.3 is 0 Å². The molecular weight excluding hydrogens is 232 g/mol. The van der Waals surface area contributed by atoms with Crippen molar-refractivity contribution in [2.45, 2.75) is 39.0 Å². The van der Waals surface area contributed by atoms with Crippen molar-refractivity contribution in [1.82, 2.24) is 0 Å². The molecule has 0 N–H and O–H groups in total. The number of halogens is 1. The average molecular weight is 251 g/mol. The summed E-state index contributed by atoms with van der Waals surface area (Å²) < 4.78 is 0. The third kappa shape index (κ3) is 6.28. The first-order chi connectivity index (χ1) is 8.22. The first-order valence-electron chi connectivity index (χ1n) is 6.19. The van der Waals surface area contributed by atoms with Crippen molar-refractivity contribution in [3.8, 4) is 0 Å². The monoisotopic (exact) mass is 250 g/mol. The van der Waals surface area contributed by atoms with Gasteiger partial charge in [0, 0.05) is 11.4 Å². The lowest BCUT2D eigenvalue weighted by molar-refractivity contribution is -0.114. The number of allylic oxidation sites excluding steroid dienone is 1. The van der Waals surface area contributed by atoms with Crippen molar-refractivity contribution in [3.63, 3.8) is 0 Å². The predicted octanol–water partition coefficient (Wildman–Crippen LogP) is 4.89. The van der Waals surface area contributed by atoms with E-state index in [0.29, 0.717) is 11.4 Å². The summed E-state index contributed by atoms with van der Waals surface area (Å²) in [6.07, 6.45) is 8.73. The predicted molar refractivity (Wildman–Crippen MR) is 74.3 cm³/mol. The SMILES string of the molecule is CCCCCCC(=O)/C=C\c1ccc(Cl)cc1. The van der Waals surface area contributed by atoms with E-state index < -0.39 is 0 Å². The van der Waals surface area contributed by atoms with Gasteiger partial charge in [0.05, 0.1) is 0 Å². The fourth-order valence-corrected chi connectivity index (χ4v) is 1.70. The highest BCUT2D eigenvalue weighted by Gasteiger charge is 1.96. The molecule has 0 aliphatic heterocycles. The van der Waals surface area contributed by atoms with Crippen LogP contribution in [-0.4, -0.2) is 5.78 Å². The molecule has 0 heterocycles. The van der Waals surface area contributed by atoms with Gasteiger partial charge >= 0.3 is 0 Å². The minimum atomic E-state index is 0.205. The van der Waals surface area contributed by atoms with Crippen molar-refractivity contribution in [3.05, 3.63) is 40.9 Å². The van der Waals surface area contributed by atoms with Crippen LogP contribution in [0.5, 0.6) is 0 Å². The van der Waals surface area contributed by atoms with Crippen LogP contribution in [0.3, 0.4) is 0 Å². The van der Waals surface area contributed by atoms with E-state index in [9.17, 15) is 4.79 Å². The third-order valence-corrected chi connectivity index (χ3v) is 2.86. The number of hydrogen-bond donors (Lipinski definition) is 0. The Kier molecular flexibility index (Phi) is 6.64. The Labute approximate surface area is 108 Å². The van der Waals surface area contributed by atoms with Crippen LogP contribution in [0, 0.1) is 0 Å². The van der Waals surface area contributed by atoms with Gasteiger partial charge in [-0.3, -0.25) is 4.79 Å². The zero-order valence-corrected chi connectivity index (χ0v) is 11.0. The zero-order chi connectivity index (χ0) is 12.5. The van der Waals surface area contributed by atoms with E-state index in [1.807, 2.05) is 30.3 Å². The number of hydrogen-bond acceptors (Lipinski definition) is 1. The molecule has 0 fully saturated rings. The lowest BCUT2D eigenvalue weighted by atomic mass is 10.1. The fourth-order valence-electron chi connectivity index (χ4n) is 1.57. The highest BCUT2D eigenvalue weighted by atomic mass is 35.5. The number of unbranched alkanes of at least 4 members (excludes halogenated alkanes) is 3. The number of carbonyl (C=O) groups excluding carboxylic acids is 1. The van der Waals surface area contributed by atoms with Crippen molar-refractivity contribution in [2.75, 3.05) is 0 Å². The van der Waals surface area contributed by atoms with Crippen molar-refractivity contribution in [1.29, 1.82) is 0 Å². The molecule has 0 aromatic heterocycles. The Morgan fingerprint density at radius 3 is 2.53 bits per heavy atom. The van der Waals surface area contributed by atoms with Gasteiger partial charge in [-0.2, -0.15) is 0 Å². The van der Waals surface area contributed by atoms with Gasteiger partial charge in [0.1, 0.15) is 0 Å². The highest BCUT2D eigenvalue weighted by molar-refractivity contribution is 6.30. The van der Waals surface area contributed by atoms with Gasteiger partial charge in [0.25, 0.3) is 0 Å². The van der Waals surface area contributed by atoms with Crippen LogP contribution < -0.4 is 0 Å². The lowest BCUT2D eigenvalue weighted by Gasteiger charge is -1.96. The second-order valence-electron chi connectivity index (χ2n) is 4.16. The minimum Gasteiger partial charge on any atom is -0.295 e. The van der Waals surface area contributed by atoms with Gasteiger partial charge in [-0.25, -0.2) is 0 Å². The molecule has 0 spiro atoms. The Hall–Kier alpha value is -1.08. The maximum Gasteiger partial charge on any atom is 0.155 e. The van der Waals surface area contributed by atoms with Gasteiger partial charge in [-0.1, -0.05) is 56.0 Å². The molecule has 1 rings (SSSR count).